The van der Waals surface area contributed by atoms with Crippen molar-refractivity contribution in [1.29, 1.82) is 0 Å². The van der Waals surface area contributed by atoms with Gasteiger partial charge in [0.1, 0.15) is 12.4 Å². The monoisotopic (exact) mass is 463 g/mol. The van der Waals surface area contributed by atoms with Gasteiger partial charge in [-0.05, 0) is 56.0 Å². The largest absolute Gasteiger partial charge is 0.469 e. The summed E-state index contributed by atoms with van der Waals surface area (Å²) in [6, 6.07) is 5.90. The molecule has 0 saturated carbocycles. The first-order chi connectivity index (χ1) is 15.1. The summed E-state index contributed by atoms with van der Waals surface area (Å²) in [6.45, 7) is 7.22. The number of likely N-dealkylation sites (tertiary alicyclic amines) is 1. The number of hydrogen-bond acceptors (Lipinski definition) is 9. The third-order valence-electron chi connectivity index (χ3n) is 5.35. The summed E-state index contributed by atoms with van der Waals surface area (Å²) in [5, 5.41) is 14.6. The van der Waals surface area contributed by atoms with Gasteiger partial charge < -0.3 is 15.0 Å². The molecule has 0 unspecified atom stereocenters. The Morgan fingerprint density at radius 1 is 1.22 bits per heavy atom. The standard InChI is InChI=1S/C21H29N5O5S/c1-15(2)8-11-25-12-9-17(10-13-25)31-21-19(26(27)28)20(22-14-23-21)24-16-4-6-18(7-5-16)32(3,29)30/h4-7,14-15,17H,8-13H2,1-3H3,(H,22,23,24). The number of hydrogen-bond donors (Lipinski definition) is 1. The fourth-order valence-electron chi connectivity index (χ4n) is 3.48. The predicted molar refractivity (Wildman–Crippen MR) is 121 cm³/mol. The number of rotatable bonds is 9. The van der Waals surface area contributed by atoms with Gasteiger partial charge in [0.05, 0.1) is 9.82 Å². The van der Waals surface area contributed by atoms with Gasteiger partial charge in [-0.15, -0.1) is 0 Å². The van der Waals surface area contributed by atoms with Crippen LogP contribution >= 0.6 is 0 Å². The molecule has 0 aliphatic carbocycles. The van der Waals surface area contributed by atoms with Crippen molar-refractivity contribution in [3.63, 3.8) is 0 Å². The molecule has 11 heteroatoms. The smallest absolute Gasteiger partial charge is 0.373 e. The molecular weight excluding hydrogens is 434 g/mol. The lowest BCUT2D eigenvalue weighted by atomic mass is 10.1. The second-order valence-corrected chi connectivity index (χ2v) is 10.4. The molecule has 1 N–H and O–H groups in total. The minimum Gasteiger partial charge on any atom is -0.469 e. The van der Waals surface area contributed by atoms with Crippen molar-refractivity contribution < 1.29 is 18.1 Å². The van der Waals surface area contributed by atoms with E-state index >= 15 is 0 Å². The Balaban J connectivity index is 1.71. The minimum absolute atomic E-state index is 0.0125. The first-order valence-corrected chi connectivity index (χ1v) is 12.5. The number of benzene rings is 1. The average molecular weight is 464 g/mol. The Bertz CT molecular complexity index is 1040. The Morgan fingerprint density at radius 2 is 1.88 bits per heavy atom. The summed E-state index contributed by atoms with van der Waals surface area (Å²) in [4.78, 5) is 21.8. The highest BCUT2D eigenvalue weighted by Crippen LogP contribution is 2.34. The molecule has 0 spiro atoms. The number of nitrogens with one attached hydrogen (secondary N) is 1. The van der Waals surface area contributed by atoms with E-state index in [0.29, 0.717) is 11.6 Å². The summed E-state index contributed by atoms with van der Waals surface area (Å²) < 4.78 is 29.2. The van der Waals surface area contributed by atoms with Gasteiger partial charge in [0, 0.05) is 25.0 Å². The van der Waals surface area contributed by atoms with Crippen LogP contribution in [0.5, 0.6) is 5.88 Å². The number of nitrogens with zero attached hydrogens (tertiary/aromatic N) is 4. The van der Waals surface area contributed by atoms with Crippen molar-refractivity contribution in [2.45, 2.75) is 44.1 Å². The highest BCUT2D eigenvalue weighted by atomic mass is 32.2. The lowest BCUT2D eigenvalue weighted by Gasteiger charge is -2.32. The minimum atomic E-state index is -3.33. The first-order valence-electron chi connectivity index (χ1n) is 10.6. The van der Waals surface area contributed by atoms with E-state index in [1.807, 2.05) is 0 Å². The molecule has 32 heavy (non-hydrogen) atoms. The van der Waals surface area contributed by atoms with Crippen molar-refractivity contribution >= 4 is 27.0 Å². The number of piperidine rings is 1. The number of anilines is 2. The molecule has 0 amide bonds. The predicted octanol–water partition coefficient (Wildman–Crippen LogP) is 3.42. The Morgan fingerprint density at radius 3 is 2.44 bits per heavy atom. The molecule has 1 aliphatic heterocycles. The van der Waals surface area contributed by atoms with Gasteiger partial charge in [-0.1, -0.05) is 13.8 Å². The van der Waals surface area contributed by atoms with Crippen molar-refractivity contribution in [3.8, 4) is 5.88 Å². The zero-order valence-corrected chi connectivity index (χ0v) is 19.3. The van der Waals surface area contributed by atoms with Gasteiger partial charge in [0.25, 0.3) is 5.88 Å². The van der Waals surface area contributed by atoms with E-state index in [-0.39, 0.29) is 28.4 Å². The molecule has 0 atom stereocenters. The number of nitro groups is 1. The van der Waals surface area contributed by atoms with Crippen LogP contribution in [0.25, 0.3) is 0 Å². The van der Waals surface area contributed by atoms with Gasteiger partial charge >= 0.3 is 5.69 Å². The maximum Gasteiger partial charge on any atom is 0.373 e. The quantitative estimate of drug-likeness (QED) is 0.439. The Kier molecular flexibility index (Phi) is 7.62. The number of aromatic nitrogens is 2. The van der Waals surface area contributed by atoms with Gasteiger partial charge in [-0.3, -0.25) is 10.1 Å². The summed E-state index contributed by atoms with van der Waals surface area (Å²) in [7, 11) is -3.33. The summed E-state index contributed by atoms with van der Waals surface area (Å²) in [5.74, 6) is 0.573. The molecule has 10 nitrogen and oxygen atoms in total. The van der Waals surface area contributed by atoms with Crippen LogP contribution in [0.3, 0.4) is 0 Å². The van der Waals surface area contributed by atoms with Crippen molar-refractivity contribution in [1.82, 2.24) is 14.9 Å². The molecule has 2 heterocycles. The molecule has 0 bridgehead atoms. The van der Waals surface area contributed by atoms with Crippen LogP contribution in [-0.4, -0.2) is 60.2 Å². The summed E-state index contributed by atoms with van der Waals surface area (Å²) >= 11 is 0. The fraction of sp³-hybridized carbons (Fsp3) is 0.524. The van der Waals surface area contributed by atoms with Crippen LogP contribution in [0.1, 0.15) is 33.1 Å². The zero-order chi connectivity index (χ0) is 23.3. The highest BCUT2D eigenvalue weighted by molar-refractivity contribution is 7.90. The van der Waals surface area contributed by atoms with E-state index < -0.39 is 14.8 Å². The van der Waals surface area contributed by atoms with E-state index in [9.17, 15) is 18.5 Å². The SMILES string of the molecule is CC(C)CCN1CCC(Oc2ncnc(Nc3ccc(S(C)(=O)=O)cc3)c2[N+](=O)[O-])CC1. The van der Waals surface area contributed by atoms with E-state index in [1.54, 1.807) is 0 Å². The molecule has 2 aromatic rings. The lowest BCUT2D eigenvalue weighted by molar-refractivity contribution is -0.385. The number of ether oxygens (including phenoxy) is 1. The lowest BCUT2D eigenvalue weighted by Crippen LogP contribution is -2.39. The van der Waals surface area contributed by atoms with Gasteiger partial charge in [-0.2, -0.15) is 4.98 Å². The number of sulfone groups is 1. The maximum atomic E-state index is 11.8. The van der Waals surface area contributed by atoms with Crippen LogP contribution in [0, 0.1) is 16.0 Å². The van der Waals surface area contributed by atoms with Gasteiger partial charge in [0.2, 0.25) is 5.82 Å². The second kappa shape index (κ2) is 10.2. The van der Waals surface area contributed by atoms with E-state index in [0.717, 1.165) is 45.2 Å². The van der Waals surface area contributed by atoms with E-state index in [4.69, 9.17) is 4.74 Å². The summed E-state index contributed by atoms with van der Waals surface area (Å²) in [6.07, 6.45) is 4.87. The third kappa shape index (κ3) is 6.36. The Labute approximate surface area is 188 Å². The summed E-state index contributed by atoms with van der Waals surface area (Å²) in [5.41, 5.74) is 0.116. The molecule has 174 valence electrons. The maximum absolute atomic E-state index is 11.8. The molecular formula is C21H29N5O5S. The van der Waals surface area contributed by atoms with Crippen LogP contribution in [0.4, 0.5) is 17.2 Å². The van der Waals surface area contributed by atoms with Gasteiger partial charge in [0.15, 0.2) is 9.84 Å². The van der Waals surface area contributed by atoms with Crippen molar-refractivity contribution in [3.05, 3.63) is 40.7 Å². The van der Waals surface area contributed by atoms with E-state index in [1.165, 1.54) is 30.6 Å². The molecule has 1 aliphatic rings. The molecule has 0 radical (unpaired) electrons. The molecule has 1 saturated heterocycles. The highest BCUT2D eigenvalue weighted by Gasteiger charge is 2.28. The fourth-order valence-corrected chi connectivity index (χ4v) is 4.11. The average Bonchev–Trinajstić information content (AvgIpc) is 2.73. The van der Waals surface area contributed by atoms with E-state index in [2.05, 4.69) is 34.0 Å². The van der Waals surface area contributed by atoms with Crippen LogP contribution in [0.15, 0.2) is 35.5 Å². The molecule has 1 aromatic heterocycles. The normalized spacial score (nSPS) is 15.6. The van der Waals surface area contributed by atoms with Gasteiger partial charge in [-0.25, -0.2) is 13.4 Å². The first kappa shape index (κ1) is 23.9. The zero-order valence-electron chi connectivity index (χ0n) is 18.5. The topological polar surface area (TPSA) is 128 Å². The molecule has 3 rings (SSSR count). The van der Waals surface area contributed by atoms with Crippen LogP contribution in [-0.2, 0) is 9.84 Å². The second-order valence-electron chi connectivity index (χ2n) is 8.40. The third-order valence-corrected chi connectivity index (χ3v) is 6.48. The van der Waals surface area contributed by atoms with Crippen LogP contribution < -0.4 is 10.1 Å². The van der Waals surface area contributed by atoms with Crippen molar-refractivity contribution in [2.75, 3.05) is 31.2 Å². The Hall–Kier alpha value is -2.79. The van der Waals surface area contributed by atoms with Crippen molar-refractivity contribution in [2.24, 2.45) is 5.92 Å². The molecule has 1 aromatic carbocycles. The van der Waals surface area contributed by atoms with Crippen LogP contribution in [0.2, 0.25) is 0 Å². The molecule has 1 fully saturated rings.